The molecule has 0 saturated carbocycles. The zero-order chi connectivity index (χ0) is 20.5. The van der Waals surface area contributed by atoms with Gasteiger partial charge in [0.15, 0.2) is 5.58 Å². The summed E-state index contributed by atoms with van der Waals surface area (Å²) in [4.78, 5) is 17.0. The molecular formula is C21H13BrCl2N2O3. The van der Waals surface area contributed by atoms with Crippen molar-refractivity contribution in [2.75, 3.05) is 12.4 Å². The lowest BCUT2D eigenvalue weighted by Crippen LogP contribution is -2.12. The van der Waals surface area contributed by atoms with E-state index in [9.17, 15) is 4.79 Å². The quantitative estimate of drug-likeness (QED) is 0.340. The number of aromatic nitrogens is 1. The van der Waals surface area contributed by atoms with Gasteiger partial charge in [-0.2, -0.15) is 0 Å². The third kappa shape index (κ3) is 4.10. The number of benzene rings is 3. The second-order valence-corrected chi connectivity index (χ2v) is 7.83. The maximum Gasteiger partial charge on any atom is 0.257 e. The van der Waals surface area contributed by atoms with Gasteiger partial charge >= 0.3 is 0 Å². The summed E-state index contributed by atoms with van der Waals surface area (Å²) in [5.74, 6) is 0.845. The summed E-state index contributed by atoms with van der Waals surface area (Å²) in [6.07, 6.45) is 0. The molecule has 0 aliphatic carbocycles. The molecule has 1 aromatic heterocycles. The molecular weight excluding hydrogens is 479 g/mol. The summed E-state index contributed by atoms with van der Waals surface area (Å²) in [7, 11) is 1.60. The van der Waals surface area contributed by atoms with Crippen molar-refractivity contribution in [3.8, 4) is 17.2 Å². The number of amides is 1. The number of hydrogen-bond donors (Lipinski definition) is 1. The Bertz CT molecular complexity index is 1240. The molecule has 8 heteroatoms. The van der Waals surface area contributed by atoms with Crippen molar-refractivity contribution in [2.45, 2.75) is 0 Å². The average Bonchev–Trinajstić information content (AvgIpc) is 3.11. The molecule has 0 aliphatic rings. The van der Waals surface area contributed by atoms with Crippen LogP contribution in [0.2, 0.25) is 10.0 Å². The Morgan fingerprint density at radius 3 is 2.66 bits per heavy atom. The van der Waals surface area contributed by atoms with Gasteiger partial charge in [-0.05, 0) is 70.5 Å². The molecule has 146 valence electrons. The number of carbonyl (C=O) groups is 1. The maximum absolute atomic E-state index is 12.5. The Balaban J connectivity index is 1.61. The summed E-state index contributed by atoms with van der Waals surface area (Å²) in [6, 6.07) is 15.5. The normalized spacial score (nSPS) is 10.9. The molecule has 0 bridgehead atoms. The molecule has 3 aromatic carbocycles. The number of hydrogen-bond acceptors (Lipinski definition) is 4. The molecule has 29 heavy (non-hydrogen) atoms. The monoisotopic (exact) mass is 490 g/mol. The van der Waals surface area contributed by atoms with E-state index in [1.807, 2.05) is 18.2 Å². The van der Waals surface area contributed by atoms with E-state index in [-0.39, 0.29) is 10.9 Å². The number of nitrogens with one attached hydrogen (secondary N) is 1. The van der Waals surface area contributed by atoms with Crippen LogP contribution in [-0.2, 0) is 0 Å². The largest absolute Gasteiger partial charge is 0.496 e. The third-order valence-corrected chi connectivity index (χ3v) is 5.39. The Kier molecular flexibility index (Phi) is 5.50. The van der Waals surface area contributed by atoms with Gasteiger partial charge in [-0.15, -0.1) is 0 Å². The van der Waals surface area contributed by atoms with Gasteiger partial charge in [0, 0.05) is 16.3 Å². The summed E-state index contributed by atoms with van der Waals surface area (Å²) >= 11 is 15.4. The molecule has 0 unspecified atom stereocenters. The second-order valence-electron chi connectivity index (χ2n) is 6.13. The Labute approximate surface area is 184 Å². The lowest BCUT2D eigenvalue weighted by atomic mass is 10.2. The number of rotatable bonds is 4. The van der Waals surface area contributed by atoms with Crippen molar-refractivity contribution in [3.63, 3.8) is 0 Å². The van der Waals surface area contributed by atoms with E-state index in [0.717, 1.165) is 15.8 Å². The molecule has 0 atom stereocenters. The van der Waals surface area contributed by atoms with E-state index < -0.39 is 0 Å². The first-order chi connectivity index (χ1) is 13.9. The zero-order valence-electron chi connectivity index (χ0n) is 15.0. The zero-order valence-corrected chi connectivity index (χ0v) is 18.1. The standard InChI is InChI=1S/C21H13BrCl2N2O3/c1-28-18-6-2-11(8-15(18)22)21-26-17-10-13(4-7-19(17)29-21)25-20(27)14-5-3-12(23)9-16(14)24/h2-10H,1H3,(H,25,27). The number of methoxy groups -OCH3 is 1. The molecule has 5 nitrogen and oxygen atoms in total. The van der Waals surface area contributed by atoms with Gasteiger partial charge in [0.1, 0.15) is 11.3 Å². The Hall–Kier alpha value is -2.54. The van der Waals surface area contributed by atoms with Crippen LogP contribution >= 0.6 is 39.1 Å². The minimum atomic E-state index is -0.339. The minimum Gasteiger partial charge on any atom is -0.496 e. The fourth-order valence-corrected chi connectivity index (χ4v) is 3.84. The number of oxazole rings is 1. The minimum absolute atomic E-state index is 0.282. The van der Waals surface area contributed by atoms with Crippen molar-refractivity contribution in [1.82, 2.24) is 4.98 Å². The molecule has 0 aliphatic heterocycles. The van der Waals surface area contributed by atoms with Crippen molar-refractivity contribution in [3.05, 3.63) is 74.7 Å². The van der Waals surface area contributed by atoms with E-state index in [4.69, 9.17) is 32.4 Å². The molecule has 1 heterocycles. The van der Waals surface area contributed by atoms with Crippen molar-refractivity contribution in [2.24, 2.45) is 0 Å². The van der Waals surface area contributed by atoms with Crippen LogP contribution in [0.15, 0.2) is 63.5 Å². The highest BCUT2D eigenvalue weighted by Gasteiger charge is 2.14. The van der Waals surface area contributed by atoms with Gasteiger partial charge in [-0.3, -0.25) is 4.79 Å². The summed E-state index contributed by atoms with van der Waals surface area (Å²) in [5, 5.41) is 3.56. The van der Waals surface area contributed by atoms with E-state index in [1.165, 1.54) is 6.07 Å². The third-order valence-electron chi connectivity index (χ3n) is 4.22. The summed E-state index contributed by atoms with van der Waals surface area (Å²) in [5.41, 5.74) is 2.93. The lowest BCUT2D eigenvalue weighted by Gasteiger charge is -2.06. The molecule has 1 amide bonds. The molecule has 0 fully saturated rings. The van der Waals surface area contributed by atoms with Crippen LogP contribution < -0.4 is 10.1 Å². The summed E-state index contributed by atoms with van der Waals surface area (Å²) < 4.78 is 11.9. The van der Waals surface area contributed by atoms with E-state index in [1.54, 1.807) is 37.4 Å². The summed E-state index contributed by atoms with van der Waals surface area (Å²) in [6.45, 7) is 0. The molecule has 4 rings (SSSR count). The highest BCUT2D eigenvalue weighted by atomic mass is 79.9. The fraction of sp³-hybridized carbons (Fsp3) is 0.0476. The van der Waals surface area contributed by atoms with Crippen LogP contribution in [0.4, 0.5) is 5.69 Å². The number of anilines is 1. The van der Waals surface area contributed by atoms with Gasteiger partial charge in [0.2, 0.25) is 5.89 Å². The van der Waals surface area contributed by atoms with Gasteiger partial charge in [-0.1, -0.05) is 23.2 Å². The second kappa shape index (κ2) is 8.06. The Morgan fingerprint density at radius 1 is 1.10 bits per heavy atom. The van der Waals surface area contributed by atoms with E-state index in [0.29, 0.717) is 33.3 Å². The van der Waals surface area contributed by atoms with Crippen LogP contribution in [0.1, 0.15) is 10.4 Å². The first-order valence-electron chi connectivity index (χ1n) is 8.45. The highest BCUT2D eigenvalue weighted by molar-refractivity contribution is 9.10. The molecule has 0 saturated heterocycles. The van der Waals surface area contributed by atoms with E-state index >= 15 is 0 Å². The van der Waals surface area contributed by atoms with E-state index in [2.05, 4.69) is 26.2 Å². The lowest BCUT2D eigenvalue weighted by molar-refractivity contribution is 0.102. The van der Waals surface area contributed by atoms with Gasteiger partial charge < -0.3 is 14.5 Å². The Morgan fingerprint density at radius 2 is 1.93 bits per heavy atom. The maximum atomic E-state index is 12.5. The van der Waals surface area contributed by atoms with Gasteiger partial charge in [0.25, 0.3) is 5.91 Å². The molecule has 0 spiro atoms. The SMILES string of the molecule is COc1ccc(-c2nc3cc(NC(=O)c4ccc(Cl)cc4Cl)ccc3o2)cc1Br. The van der Waals surface area contributed by atoms with Crippen LogP contribution in [0.25, 0.3) is 22.6 Å². The van der Waals surface area contributed by atoms with Crippen molar-refractivity contribution in [1.29, 1.82) is 0 Å². The van der Waals surface area contributed by atoms with Gasteiger partial charge in [0.05, 0.1) is 22.2 Å². The number of nitrogens with zero attached hydrogens (tertiary/aromatic N) is 1. The first kappa shape index (κ1) is 19.8. The van der Waals surface area contributed by atoms with Crippen LogP contribution in [-0.4, -0.2) is 18.0 Å². The number of carbonyl (C=O) groups excluding carboxylic acids is 1. The van der Waals surface area contributed by atoms with Crippen LogP contribution in [0, 0.1) is 0 Å². The topological polar surface area (TPSA) is 64.4 Å². The number of halogens is 3. The molecule has 1 N–H and O–H groups in total. The van der Waals surface area contributed by atoms with Gasteiger partial charge in [-0.25, -0.2) is 4.98 Å². The van der Waals surface area contributed by atoms with Crippen molar-refractivity contribution >= 4 is 61.8 Å². The molecule has 0 radical (unpaired) electrons. The van der Waals surface area contributed by atoms with Crippen LogP contribution in [0.5, 0.6) is 5.75 Å². The average molecular weight is 492 g/mol. The van der Waals surface area contributed by atoms with Crippen LogP contribution in [0.3, 0.4) is 0 Å². The number of ether oxygens (including phenoxy) is 1. The molecule has 4 aromatic rings. The highest BCUT2D eigenvalue weighted by Crippen LogP contribution is 2.32. The number of fused-ring (bicyclic) bond motifs is 1. The first-order valence-corrected chi connectivity index (χ1v) is 10.0. The fourth-order valence-electron chi connectivity index (χ4n) is 2.80. The smallest absolute Gasteiger partial charge is 0.257 e. The van der Waals surface area contributed by atoms with Crippen molar-refractivity contribution < 1.29 is 13.9 Å². The predicted octanol–water partition coefficient (Wildman–Crippen LogP) is 6.83. The predicted molar refractivity (Wildman–Crippen MR) is 118 cm³/mol.